The minimum absolute atomic E-state index is 0.0212. The fraction of sp³-hybridized carbons (Fsp3) is 0.579. The van der Waals surface area contributed by atoms with Crippen LogP contribution in [0.3, 0.4) is 0 Å². The molecule has 0 aromatic carbocycles. The molecule has 0 spiro atoms. The molecule has 2 aliphatic rings. The Kier molecular flexibility index (Phi) is 4.28. The first-order chi connectivity index (χ1) is 11.0. The molecule has 5 atom stereocenters. The van der Waals surface area contributed by atoms with Crippen molar-refractivity contribution >= 4 is 5.97 Å². The van der Waals surface area contributed by atoms with Crippen LogP contribution in [0.5, 0.6) is 0 Å². The highest BCUT2D eigenvalue weighted by molar-refractivity contribution is 5.66. The number of fused-ring (bicyclic) bond motifs is 2. The Morgan fingerprint density at radius 1 is 1.48 bits per heavy atom. The van der Waals surface area contributed by atoms with Gasteiger partial charge in [-0.15, -0.1) is 0 Å². The maximum absolute atomic E-state index is 11.3. The number of hydrogen-bond donors (Lipinski definition) is 0. The number of allylic oxidation sites excluding steroid dienone is 1. The van der Waals surface area contributed by atoms with Gasteiger partial charge in [-0.1, -0.05) is 31.6 Å². The highest BCUT2D eigenvalue weighted by Gasteiger charge is 2.54. The lowest BCUT2D eigenvalue weighted by molar-refractivity contribution is -0.180. The topological polar surface area (TPSA) is 48.4 Å². The fourth-order valence-corrected chi connectivity index (χ4v) is 4.34. The molecule has 4 heteroatoms. The van der Waals surface area contributed by atoms with Crippen molar-refractivity contribution in [2.75, 3.05) is 13.2 Å². The molecule has 0 saturated carbocycles. The van der Waals surface area contributed by atoms with Crippen LogP contribution in [0.15, 0.2) is 36.2 Å². The summed E-state index contributed by atoms with van der Waals surface area (Å²) < 4.78 is 11.7. The average molecular weight is 315 g/mol. The van der Waals surface area contributed by atoms with Crippen molar-refractivity contribution in [2.24, 2.45) is 23.2 Å². The summed E-state index contributed by atoms with van der Waals surface area (Å²) in [6.45, 7) is 9.15. The summed E-state index contributed by atoms with van der Waals surface area (Å²) in [7, 11) is 0. The number of rotatable bonds is 3. The molecule has 23 heavy (non-hydrogen) atoms. The summed E-state index contributed by atoms with van der Waals surface area (Å²) in [5.41, 5.74) is 2.33. The predicted molar refractivity (Wildman–Crippen MR) is 87.6 cm³/mol. The van der Waals surface area contributed by atoms with E-state index < -0.39 is 0 Å². The molecule has 3 rings (SSSR count). The van der Waals surface area contributed by atoms with E-state index in [2.05, 4.69) is 37.9 Å². The standard InChI is InChI=1S/C19H25NO3/c1-12-8-13(2)19(10-22-15(4)21)11-23-18(17(12)14(19)3)16-6-5-7-20-9-16/h5-9,13-14,17-18H,10-11H2,1-4H3/t13-,14+,17+,18-,19-/m0/s1. The molecule has 0 amide bonds. The Bertz CT molecular complexity index is 612. The molecule has 1 saturated heterocycles. The molecule has 0 N–H and O–H groups in total. The van der Waals surface area contributed by atoms with E-state index in [1.807, 2.05) is 12.3 Å². The second kappa shape index (κ2) is 6.08. The van der Waals surface area contributed by atoms with Crippen LogP contribution in [-0.2, 0) is 14.3 Å². The number of nitrogens with zero attached hydrogens (tertiary/aromatic N) is 1. The van der Waals surface area contributed by atoms with Crippen LogP contribution >= 0.6 is 0 Å². The van der Waals surface area contributed by atoms with Crippen molar-refractivity contribution in [1.29, 1.82) is 0 Å². The largest absolute Gasteiger partial charge is 0.465 e. The molecule has 2 bridgehead atoms. The maximum atomic E-state index is 11.3. The second-order valence-corrected chi connectivity index (χ2v) is 7.05. The number of carbonyl (C=O) groups is 1. The minimum Gasteiger partial charge on any atom is -0.465 e. The van der Waals surface area contributed by atoms with E-state index in [1.165, 1.54) is 12.5 Å². The summed E-state index contributed by atoms with van der Waals surface area (Å²) in [5, 5.41) is 0. The van der Waals surface area contributed by atoms with Gasteiger partial charge in [-0.3, -0.25) is 9.78 Å². The van der Waals surface area contributed by atoms with Gasteiger partial charge in [-0.05, 0) is 30.4 Å². The molecule has 124 valence electrons. The van der Waals surface area contributed by atoms with Crippen molar-refractivity contribution in [2.45, 2.75) is 33.8 Å². The molecule has 1 aliphatic carbocycles. The predicted octanol–water partition coefficient (Wildman–Crippen LogP) is 3.55. The van der Waals surface area contributed by atoms with Gasteiger partial charge >= 0.3 is 5.97 Å². The number of ether oxygens (including phenoxy) is 2. The first-order valence-corrected chi connectivity index (χ1v) is 8.29. The summed E-state index contributed by atoms with van der Waals surface area (Å²) in [6.07, 6.45) is 6.03. The van der Waals surface area contributed by atoms with Gasteiger partial charge in [0.25, 0.3) is 0 Å². The third-order valence-electron chi connectivity index (χ3n) is 5.81. The van der Waals surface area contributed by atoms with E-state index in [0.29, 0.717) is 31.0 Å². The van der Waals surface area contributed by atoms with Crippen molar-refractivity contribution in [3.05, 3.63) is 41.7 Å². The lowest BCUT2D eigenvalue weighted by atomic mass is 9.56. The Labute approximate surface area is 137 Å². The van der Waals surface area contributed by atoms with Gasteiger partial charge in [0.2, 0.25) is 0 Å². The molecule has 1 aromatic heterocycles. The molecule has 4 nitrogen and oxygen atoms in total. The monoisotopic (exact) mass is 315 g/mol. The van der Waals surface area contributed by atoms with E-state index in [4.69, 9.17) is 9.47 Å². The van der Waals surface area contributed by atoms with Crippen LogP contribution in [0.4, 0.5) is 0 Å². The zero-order valence-corrected chi connectivity index (χ0v) is 14.3. The minimum atomic E-state index is -0.226. The second-order valence-electron chi connectivity index (χ2n) is 7.05. The van der Waals surface area contributed by atoms with Gasteiger partial charge in [-0.2, -0.15) is 0 Å². The van der Waals surface area contributed by atoms with E-state index >= 15 is 0 Å². The number of aromatic nitrogens is 1. The van der Waals surface area contributed by atoms with E-state index in [1.54, 1.807) is 6.20 Å². The first kappa shape index (κ1) is 16.2. The Balaban J connectivity index is 1.95. The van der Waals surface area contributed by atoms with Crippen molar-refractivity contribution in [3.8, 4) is 0 Å². The smallest absolute Gasteiger partial charge is 0.302 e. The Morgan fingerprint density at radius 3 is 2.91 bits per heavy atom. The van der Waals surface area contributed by atoms with E-state index in [0.717, 1.165) is 5.56 Å². The zero-order valence-electron chi connectivity index (χ0n) is 14.3. The van der Waals surface area contributed by atoms with Crippen LogP contribution in [0, 0.1) is 23.2 Å². The summed E-state index contributed by atoms with van der Waals surface area (Å²) >= 11 is 0. The van der Waals surface area contributed by atoms with E-state index in [9.17, 15) is 4.79 Å². The van der Waals surface area contributed by atoms with Crippen LogP contribution < -0.4 is 0 Å². The van der Waals surface area contributed by atoms with E-state index in [-0.39, 0.29) is 17.5 Å². The molecular formula is C19H25NO3. The molecule has 2 heterocycles. The third kappa shape index (κ3) is 2.69. The van der Waals surface area contributed by atoms with Crippen LogP contribution in [0.2, 0.25) is 0 Å². The Morgan fingerprint density at radius 2 is 2.26 bits per heavy atom. The maximum Gasteiger partial charge on any atom is 0.302 e. The van der Waals surface area contributed by atoms with Crippen molar-refractivity contribution in [3.63, 3.8) is 0 Å². The molecule has 0 radical (unpaired) electrons. The quantitative estimate of drug-likeness (QED) is 0.632. The van der Waals surface area contributed by atoms with Gasteiger partial charge in [0.05, 0.1) is 19.3 Å². The normalized spacial score (nSPS) is 36.3. The summed E-state index contributed by atoms with van der Waals surface area (Å²) in [5.74, 6) is 0.763. The number of pyridine rings is 1. The molecular weight excluding hydrogens is 290 g/mol. The lowest BCUT2D eigenvalue weighted by Gasteiger charge is -2.55. The summed E-state index contributed by atoms with van der Waals surface area (Å²) in [4.78, 5) is 15.6. The van der Waals surface area contributed by atoms with Gasteiger partial charge in [0.15, 0.2) is 0 Å². The average Bonchev–Trinajstić information content (AvgIpc) is 2.52. The highest BCUT2D eigenvalue weighted by Crippen LogP contribution is 2.56. The van der Waals surface area contributed by atoms with Crippen LogP contribution in [-0.4, -0.2) is 24.2 Å². The molecule has 0 unspecified atom stereocenters. The fourth-order valence-electron chi connectivity index (χ4n) is 4.34. The van der Waals surface area contributed by atoms with Gasteiger partial charge in [0.1, 0.15) is 0 Å². The number of hydrogen-bond acceptors (Lipinski definition) is 4. The zero-order chi connectivity index (χ0) is 16.6. The van der Waals surface area contributed by atoms with Crippen molar-refractivity contribution < 1.29 is 14.3 Å². The van der Waals surface area contributed by atoms with Gasteiger partial charge < -0.3 is 9.47 Å². The number of carbonyl (C=O) groups excluding carboxylic acids is 1. The van der Waals surface area contributed by atoms with Crippen LogP contribution in [0.1, 0.15) is 39.4 Å². The third-order valence-corrected chi connectivity index (χ3v) is 5.81. The van der Waals surface area contributed by atoms with Gasteiger partial charge in [0, 0.05) is 30.7 Å². The van der Waals surface area contributed by atoms with Crippen molar-refractivity contribution in [1.82, 2.24) is 4.98 Å². The lowest BCUT2D eigenvalue weighted by Crippen LogP contribution is -2.54. The van der Waals surface area contributed by atoms with Crippen LogP contribution in [0.25, 0.3) is 0 Å². The Hall–Kier alpha value is -1.68. The summed E-state index contributed by atoms with van der Waals surface area (Å²) in [6, 6.07) is 4.03. The molecule has 1 fully saturated rings. The number of esters is 1. The molecule has 1 aliphatic heterocycles. The first-order valence-electron chi connectivity index (χ1n) is 8.29. The highest BCUT2D eigenvalue weighted by atomic mass is 16.5. The molecule has 1 aromatic rings. The SMILES string of the molecule is CC(=O)OC[C@]12CO[C@@H](c3cccnc3)[C@H](C(C)=C[C@@H]1C)[C@H]2C. The van der Waals surface area contributed by atoms with Gasteiger partial charge in [-0.25, -0.2) is 0 Å².